The Bertz CT molecular complexity index is 525. The van der Waals surface area contributed by atoms with Crippen molar-refractivity contribution in [2.24, 2.45) is 0 Å². The number of hydrogen-bond acceptors (Lipinski definition) is 4. The maximum Gasteiger partial charge on any atom is 0.180 e. The number of thiazole rings is 1. The quantitative estimate of drug-likeness (QED) is 0.881. The monoisotopic (exact) mass is 252 g/mol. The van der Waals surface area contributed by atoms with Crippen molar-refractivity contribution in [1.29, 1.82) is 0 Å². The molecule has 0 bridgehead atoms. The van der Waals surface area contributed by atoms with Crippen LogP contribution in [0.4, 0.5) is 9.52 Å². The lowest BCUT2D eigenvalue weighted by atomic mass is 9.95. The molecule has 5 heteroatoms. The van der Waals surface area contributed by atoms with E-state index in [1.54, 1.807) is 25.3 Å². The van der Waals surface area contributed by atoms with Gasteiger partial charge in [-0.1, -0.05) is 23.5 Å². The molecule has 2 aromatic rings. The molecule has 1 aromatic carbocycles. The molecule has 3 nitrogen and oxygen atoms in total. The van der Waals surface area contributed by atoms with Gasteiger partial charge >= 0.3 is 0 Å². The standard InChI is InChI=1S/C12H13FN2OS/c1-12(16,10-7-15-11(14)17-10)6-8-3-2-4-9(13)5-8/h2-5,7,16H,6H2,1H3,(H2,14,15). The summed E-state index contributed by atoms with van der Waals surface area (Å²) in [6, 6.07) is 6.20. The van der Waals surface area contributed by atoms with E-state index in [1.165, 1.54) is 23.5 Å². The summed E-state index contributed by atoms with van der Waals surface area (Å²) in [7, 11) is 0. The number of halogens is 1. The minimum absolute atomic E-state index is 0.304. The number of nitrogen functional groups attached to an aromatic ring is 1. The maximum absolute atomic E-state index is 13.0. The van der Waals surface area contributed by atoms with E-state index in [0.717, 1.165) is 5.56 Å². The van der Waals surface area contributed by atoms with Gasteiger partial charge in [-0.15, -0.1) is 0 Å². The largest absolute Gasteiger partial charge is 0.384 e. The normalized spacial score (nSPS) is 14.5. The Morgan fingerprint density at radius 1 is 1.53 bits per heavy atom. The van der Waals surface area contributed by atoms with Crippen molar-refractivity contribution in [2.45, 2.75) is 18.9 Å². The molecule has 17 heavy (non-hydrogen) atoms. The average molecular weight is 252 g/mol. The van der Waals surface area contributed by atoms with Gasteiger partial charge in [0.25, 0.3) is 0 Å². The van der Waals surface area contributed by atoms with Crippen molar-refractivity contribution in [3.8, 4) is 0 Å². The van der Waals surface area contributed by atoms with Crippen LogP contribution in [0.5, 0.6) is 0 Å². The van der Waals surface area contributed by atoms with Crippen LogP contribution in [0.25, 0.3) is 0 Å². The van der Waals surface area contributed by atoms with Crippen LogP contribution in [0.3, 0.4) is 0 Å². The van der Waals surface area contributed by atoms with Crippen molar-refractivity contribution < 1.29 is 9.50 Å². The van der Waals surface area contributed by atoms with Crippen LogP contribution in [0.2, 0.25) is 0 Å². The van der Waals surface area contributed by atoms with Gasteiger partial charge in [0.1, 0.15) is 11.4 Å². The fourth-order valence-electron chi connectivity index (χ4n) is 1.67. The van der Waals surface area contributed by atoms with Gasteiger partial charge in [-0.3, -0.25) is 0 Å². The number of benzene rings is 1. The number of nitrogens with two attached hydrogens (primary N) is 1. The number of hydrogen-bond donors (Lipinski definition) is 2. The summed E-state index contributed by atoms with van der Waals surface area (Å²) in [4.78, 5) is 4.58. The molecule has 0 spiro atoms. The molecule has 90 valence electrons. The van der Waals surface area contributed by atoms with Crippen molar-refractivity contribution in [3.63, 3.8) is 0 Å². The molecular formula is C12H13FN2OS. The van der Waals surface area contributed by atoms with E-state index in [0.29, 0.717) is 16.4 Å². The first-order chi connectivity index (χ1) is 7.97. The minimum atomic E-state index is -1.08. The lowest BCUT2D eigenvalue weighted by Gasteiger charge is -2.21. The Morgan fingerprint density at radius 2 is 2.29 bits per heavy atom. The van der Waals surface area contributed by atoms with Crippen LogP contribution in [-0.4, -0.2) is 10.1 Å². The summed E-state index contributed by atoms with van der Waals surface area (Å²) in [6.45, 7) is 1.67. The van der Waals surface area contributed by atoms with E-state index >= 15 is 0 Å². The third-order valence-electron chi connectivity index (χ3n) is 2.49. The van der Waals surface area contributed by atoms with Crippen molar-refractivity contribution in [3.05, 3.63) is 46.7 Å². The van der Waals surface area contributed by atoms with E-state index in [4.69, 9.17) is 5.73 Å². The van der Waals surface area contributed by atoms with Gasteiger partial charge in [0, 0.05) is 12.6 Å². The topological polar surface area (TPSA) is 59.1 Å². The molecule has 1 aromatic heterocycles. The number of rotatable bonds is 3. The van der Waals surface area contributed by atoms with Crippen LogP contribution in [-0.2, 0) is 12.0 Å². The van der Waals surface area contributed by atoms with Gasteiger partial charge in [0.2, 0.25) is 0 Å². The molecule has 0 aliphatic rings. The second-order valence-electron chi connectivity index (χ2n) is 4.14. The van der Waals surface area contributed by atoms with Gasteiger partial charge < -0.3 is 10.8 Å². The fraction of sp³-hybridized carbons (Fsp3) is 0.250. The molecular weight excluding hydrogens is 239 g/mol. The third kappa shape index (κ3) is 2.81. The number of anilines is 1. The average Bonchev–Trinajstić information content (AvgIpc) is 2.65. The van der Waals surface area contributed by atoms with E-state index in [1.807, 2.05) is 0 Å². The molecule has 0 fully saturated rings. The van der Waals surface area contributed by atoms with Crippen LogP contribution in [0.15, 0.2) is 30.5 Å². The van der Waals surface area contributed by atoms with Gasteiger partial charge in [-0.05, 0) is 24.6 Å². The second kappa shape index (κ2) is 4.43. The van der Waals surface area contributed by atoms with Gasteiger partial charge in [-0.25, -0.2) is 9.37 Å². The summed E-state index contributed by atoms with van der Waals surface area (Å²) in [5.41, 5.74) is 5.19. The summed E-state index contributed by atoms with van der Waals surface area (Å²) in [6.07, 6.45) is 1.88. The molecule has 2 rings (SSSR count). The van der Waals surface area contributed by atoms with Gasteiger partial charge in [-0.2, -0.15) is 0 Å². The first-order valence-corrected chi connectivity index (χ1v) is 5.97. The van der Waals surface area contributed by atoms with Crippen LogP contribution in [0, 0.1) is 5.82 Å². The van der Waals surface area contributed by atoms with Crippen LogP contribution in [0.1, 0.15) is 17.4 Å². The molecule has 1 heterocycles. The molecule has 0 saturated heterocycles. The Hall–Kier alpha value is -1.46. The molecule has 0 amide bonds. The summed E-state index contributed by atoms with van der Waals surface area (Å²) in [5, 5.41) is 10.8. The lowest BCUT2D eigenvalue weighted by molar-refractivity contribution is 0.0612. The van der Waals surface area contributed by atoms with E-state index in [9.17, 15) is 9.50 Å². The van der Waals surface area contributed by atoms with E-state index in [2.05, 4.69) is 4.98 Å². The zero-order valence-electron chi connectivity index (χ0n) is 9.35. The highest BCUT2D eigenvalue weighted by Gasteiger charge is 2.26. The van der Waals surface area contributed by atoms with Crippen LogP contribution >= 0.6 is 11.3 Å². The Morgan fingerprint density at radius 3 is 2.88 bits per heavy atom. The highest BCUT2D eigenvalue weighted by molar-refractivity contribution is 7.15. The summed E-state index contributed by atoms with van der Waals surface area (Å²) < 4.78 is 13.0. The third-order valence-corrected chi connectivity index (χ3v) is 3.57. The smallest absolute Gasteiger partial charge is 0.180 e. The number of aromatic nitrogens is 1. The minimum Gasteiger partial charge on any atom is -0.384 e. The van der Waals surface area contributed by atoms with Crippen molar-refractivity contribution in [2.75, 3.05) is 5.73 Å². The highest BCUT2D eigenvalue weighted by Crippen LogP contribution is 2.30. The molecule has 0 radical (unpaired) electrons. The summed E-state index contributed by atoms with van der Waals surface area (Å²) >= 11 is 1.24. The van der Waals surface area contributed by atoms with E-state index in [-0.39, 0.29) is 5.82 Å². The Labute approximate surface area is 103 Å². The number of nitrogens with zero attached hydrogens (tertiary/aromatic N) is 1. The lowest BCUT2D eigenvalue weighted by Crippen LogP contribution is -2.22. The fourth-order valence-corrected chi connectivity index (χ4v) is 2.40. The zero-order valence-corrected chi connectivity index (χ0v) is 10.2. The Balaban J connectivity index is 2.22. The van der Waals surface area contributed by atoms with Crippen molar-refractivity contribution in [1.82, 2.24) is 4.98 Å². The highest BCUT2D eigenvalue weighted by atomic mass is 32.1. The molecule has 0 aliphatic carbocycles. The molecule has 0 aliphatic heterocycles. The maximum atomic E-state index is 13.0. The number of aliphatic hydroxyl groups is 1. The molecule has 3 N–H and O–H groups in total. The zero-order chi connectivity index (χ0) is 12.5. The van der Waals surface area contributed by atoms with E-state index < -0.39 is 5.60 Å². The predicted octanol–water partition coefficient (Wildman–Crippen LogP) is 2.31. The molecule has 1 atom stereocenters. The van der Waals surface area contributed by atoms with Crippen molar-refractivity contribution >= 4 is 16.5 Å². The van der Waals surface area contributed by atoms with Gasteiger partial charge in [0.05, 0.1) is 4.88 Å². The van der Waals surface area contributed by atoms with Crippen LogP contribution < -0.4 is 5.73 Å². The Kier molecular flexibility index (Phi) is 3.13. The first-order valence-electron chi connectivity index (χ1n) is 5.16. The summed E-state index contributed by atoms with van der Waals surface area (Å²) in [5.74, 6) is -0.304. The molecule has 1 unspecified atom stereocenters. The SMILES string of the molecule is CC(O)(Cc1cccc(F)c1)c1cnc(N)s1. The second-order valence-corrected chi connectivity index (χ2v) is 5.21. The van der Waals surface area contributed by atoms with Gasteiger partial charge in [0.15, 0.2) is 5.13 Å². The predicted molar refractivity (Wildman–Crippen MR) is 66.2 cm³/mol. The first kappa shape index (κ1) is 12.0. The molecule has 0 saturated carbocycles.